The summed E-state index contributed by atoms with van der Waals surface area (Å²) in [7, 11) is 0. The summed E-state index contributed by atoms with van der Waals surface area (Å²) in [6, 6.07) is 0. The van der Waals surface area contributed by atoms with Gasteiger partial charge >= 0.3 is 5.97 Å². The Bertz CT molecular complexity index is 1030. The van der Waals surface area contributed by atoms with Crippen molar-refractivity contribution in [2.45, 2.75) is 324 Å². The average Bonchev–Trinajstić information content (AvgIpc) is 3.25. The summed E-state index contributed by atoms with van der Waals surface area (Å²) in [5.41, 5.74) is 2.18. The molecule has 1 aliphatic carbocycles. The number of hydrogen-bond acceptors (Lipinski definition) is 2. The predicted molar refractivity (Wildman–Crippen MR) is 266 cm³/mol. The zero-order valence-electron chi connectivity index (χ0n) is 41.7. The van der Waals surface area contributed by atoms with E-state index in [0.717, 1.165) is 89.0 Å². The number of allylic oxidation sites excluding steroid dienone is 3. The van der Waals surface area contributed by atoms with Crippen LogP contribution in [0.1, 0.15) is 324 Å². The first-order valence-corrected chi connectivity index (χ1v) is 27.7. The van der Waals surface area contributed by atoms with Gasteiger partial charge in [0.05, 0.1) is 0 Å². The third-order valence-electron chi connectivity index (χ3n) is 14.8. The first-order chi connectivity index (χ1) is 29.4. The number of hydrogen-bond donors (Lipinski definition) is 2. The second-order valence-corrected chi connectivity index (χ2v) is 20.0. The molecule has 0 aliphatic heterocycles. The molecule has 0 amide bonds. The van der Waals surface area contributed by atoms with Crippen molar-refractivity contribution < 1.29 is 15.0 Å². The lowest BCUT2D eigenvalue weighted by Gasteiger charge is -2.55. The first kappa shape index (κ1) is 56.8. The van der Waals surface area contributed by atoms with Gasteiger partial charge in [0.25, 0.3) is 0 Å². The van der Waals surface area contributed by atoms with Crippen LogP contribution in [-0.2, 0) is 4.79 Å². The topological polar surface area (TPSA) is 57.5 Å². The Kier molecular flexibility index (Phi) is 37.2. The standard InChI is InChI=1S/C57H108O3/c1-6-11-16-18-20-22-24-26-28-30-32-34-36-38-40-42-44-52-51-56(47-13-8-3,50-46-54(58)59)57(48-14-9-4,49-15-10-5)53(55(52)60)45-43-41-39-37-35-33-31-29-27-25-23-21-19-17-12-7-2/h51,60H,6-50H2,1-5H3,(H,58,59). The molecule has 0 aromatic rings. The van der Waals surface area contributed by atoms with Crippen molar-refractivity contribution in [1.82, 2.24) is 0 Å². The van der Waals surface area contributed by atoms with E-state index in [2.05, 4.69) is 40.7 Å². The highest BCUT2D eigenvalue weighted by atomic mass is 16.4. The zero-order valence-corrected chi connectivity index (χ0v) is 41.7. The van der Waals surface area contributed by atoms with E-state index >= 15 is 0 Å². The highest BCUT2D eigenvalue weighted by Crippen LogP contribution is 2.63. The summed E-state index contributed by atoms with van der Waals surface area (Å²) in [6.45, 7) is 11.5. The first-order valence-electron chi connectivity index (χ1n) is 27.7. The molecule has 1 rings (SSSR count). The Hall–Kier alpha value is -1.25. The molecule has 3 heteroatoms. The van der Waals surface area contributed by atoms with Crippen LogP contribution in [-0.4, -0.2) is 16.2 Å². The van der Waals surface area contributed by atoms with E-state index in [-0.39, 0.29) is 17.3 Å². The van der Waals surface area contributed by atoms with Crippen LogP contribution < -0.4 is 0 Å². The lowest BCUT2D eigenvalue weighted by Crippen LogP contribution is -2.46. The molecule has 0 aromatic carbocycles. The maximum absolute atomic E-state index is 12.4. The minimum Gasteiger partial charge on any atom is -0.508 e. The van der Waals surface area contributed by atoms with Gasteiger partial charge in [0, 0.05) is 11.8 Å². The van der Waals surface area contributed by atoms with Gasteiger partial charge in [0.1, 0.15) is 5.76 Å². The molecule has 60 heavy (non-hydrogen) atoms. The minimum absolute atomic E-state index is 0.138. The van der Waals surface area contributed by atoms with Crippen LogP contribution in [0.25, 0.3) is 0 Å². The van der Waals surface area contributed by atoms with Gasteiger partial charge in [0.2, 0.25) is 0 Å². The Balaban J connectivity index is 2.87. The van der Waals surface area contributed by atoms with Crippen molar-refractivity contribution >= 4 is 5.97 Å². The van der Waals surface area contributed by atoms with E-state index in [0.29, 0.717) is 12.2 Å². The van der Waals surface area contributed by atoms with Crippen LogP contribution in [0, 0.1) is 10.8 Å². The quantitative estimate of drug-likeness (QED) is 0.0600. The average molecular weight is 841 g/mol. The van der Waals surface area contributed by atoms with Crippen LogP contribution in [0.15, 0.2) is 23.0 Å². The number of aliphatic hydroxyl groups is 1. The van der Waals surface area contributed by atoms with Crippen LogP contribution >= 0.6 is 0 Å². The third-order valence-corrected chi connectivity index (χ3v) is 14.8. The number of carboxylic acids is 1. The van der Waals surface area contributed by atoms with Crippen LogP contribution in [0.5, 0.6) is 0 Å². The van der Waals surface area contributed by atoms with Crippen LogP contribution in [0.3, 0.4) is 0 Å². The predicted octanol–water partition coefficient (Wildman–Crippen LogP) is 20.4. The molecule has 0 radical (unpaired) electrons. The van der Waals surface area contributed by atoms with E-state index in [9.17, 15) is 15.0 Å². The third kappa shape index (κ3) is 25.1. The summed E-state index contributed by atoms with van der Waals surface area (Å²) >= 11 is 0. The largest absolute Gasteiger partial charge is 0.508 e. The van der Waals surface area contributed by atoms with Gasteiger partial charge in [-0.05, 0) is 67.9 Å². The second-order valence-electron chi connectivity index (χ2n) is 20.0. The summed E-state index contributed by atoms with van der Waals surface area (Å²) in [6.07, 6.45) is 59.1. The summed E-state index contributed by atoms with van der Waals surface area (Å²) in [5.74, 6) is -0.0387. The van der Waals surface area contributed by atoms with Crippen LogP contribution in [0.2, 0.25) is 0 Å². The molecule has 0 heterocycles. The maximum atomic E-state index is 12.4. The summed E-state index contributed by atoms with van der Waals surface area (Å²) in [4.78, 5) is 12.3. The van der Waals surface area contributed by atoms with E-state index < -0.39 is 5.97 Å². The molecule has 354 valence electrons. The van der Waals surface area contributed by atoms with Crippen molar-refractivity contribution in [3.63, 3.8) is 0 Å². The molecule has 3 nitrogen and oxygen atoms in total. The number of carbonyl (C=O) groups is 1. The molecular formula is C57H108O3. The Labute approximate surface area is 377 Å². The minimum atomic E-state index is -0.670. The number of aliphatic hydroxyl groups excluding tert-OH is 1. The molecular weight excluding hydrogens is 733 g/mol. The summed E-state index contributed by atoms with van der Waals surface area (Å²) in [5, 5.41) is 22.6. The van der Waals surface area contributed by atoms with E-state index in [4.69, 9.17) is 0 Å². The lowest BCUT2D eigenvalue weighted by molar-refractivity contribution is -0.138. The Morgan fingerprint density at radius 1 is 0.400 bits per heavy atom. The van der Waals surface area contributed by atoms with Gasteiger partial charge in [0.15, 0.2) is 0 Å². The molecule has 1 unspecified atom stereocenters. The number of rotatable bonds is 46. The van der Waals surface area contributed by atoms with Crippen molar-refractivity contribution in [2.75, 3.05) is 0 Å². The molecule has 0 spiro atoms. The van der Waals surface area contributed by atoms with Crippen molar-refractivity contribution in [3.8, 4) is 0 Å². The molecule has 1 aliphatic rings. The van der Waals surface area contributed by atoms with E-state index in [1.807, 2.05) is 0 Å². The van der Waals surface area contributed by atoms with Crippen molar-refractivity contribution in [1.29, 1.82) is 0 Å². The second kappa shape index (κ2) is 39.3. The van der Waals surface area contributed by atoms with Gasteiger partial charge in [-0.2, -0.15) is 0 Å². The van der Waals surface area contributed by atoms with Crippen LogP contribution in [0.4, 0.5) is 0 Å². The van der Waals surface area contributed by atoms with Gasteiger partial charge in [-0.15, -0.1) is 0 Å². The van der Waals surface area contributed by atoms with Gasteiger partial charge < -0.3 is 10.2 Å². The highest BCUT2D eigenvalue weighted by molar-refractivity contribution is 5.67. The number of carboxylic acid groups (broad SMARTS) is 1. The fourth-order valence-corrected chi connectivity index (χ4v) is 11.0. The molecule has 2 N–H and O–H groups in total. The van der Waals surface area contributed by atoms with Crippen molar-refractivity contribution in [3.05, 3.63) is 23.0 Å². The fourth-order valence-electron chi connectivity index (χ4n) is 11.0. The van der Waals surface area contributed by atoms with Gasteiger partial charge in [-0.25, -0.2) is 0 Å². The monoisotopic (exact) mass is 841 g/mol. The molecule has 0 saturated heterocycles. The number of aliphatic carboxylic acids is 1. The molecule has 0 saturated carbocycles. The fraction of sp³-hybridized carbons (Fsp3) is 0.912. The molecule has 0 fully saturated rings. The van der Waals surface area contributed by atoms with Gasteiger partial charge in [-0.3, -0.25) is 4.79 Å². The Morgan fingerprint density at radius 2 is 0.700 bits per heavy atom. The lowest BCUT2D eigenvalue weighted by atomic mass is 9.49. The van der Waals surface area contributed by atoms with E-state index in [1.165, 1.54) is 198 Å². The SMILES string of the molecule is CCCCCCCCCCCCCCCCCCC1=CC(CCCC)(CCC(=O)O)C(CCCC)(CCCC)C(CCCCCCCCCCCCCCCCCC)=C1O. The smallest absolute Gasteiger partial charge is 0.303 e. The van der Waals surface area contributed by atoms with E-state index in [1.54, 1.807) is 0 Å². The highest BCUT2D eigenvalue weighted by Gasteiger charge is 2.53. The number of unbranched alkanes of at least 4 members (excludes halogenated alkanes) is 33. The molecule has 1 atom stereocenters. The molecule has 0 aromatic heterocycles. The maximum Gasteiger partial charge on any atom is 0.303 e. The van der Waals surface area contributed by atoms with Crippen molar-refractivity contribution in [2.24, 2.45) is 10.8 Å². The normalized spacial score (nSPS) is 16.5. The summed E-state index contributed by atoms with van der Waals surface area (Å²) < 4.78 is 0. The van der Waals surface area contributed by atoms with Gasteiger partial charge in [-0.1, -0.05) is 272 Å². The molecule has 0 bridgehead atoms. The Morgan fingerprint density at radius 3 is 1.03 bits per heavy atom. The zero-order chi connectivity index (χ0) is 43.8.